The smallest absolute Gasteiger partial charge is 0.316 e. The maximum absolute atomic E-state index is 11.3. The van der Waals surface area contributed by atoms with Gasteiger partial charge in [-0.25, -0.2) is 0 Å². The highest BCUT2D eigenvalue weighted by atomic mass is 16.5. The Morgan fingerprint density at radius 2 is 1.81 bits per heavy atom. The largest absolute Gasteiger partial charge is 0.464 e. The summed E-state index contributed by atoms with van der Waals surface area (Å²) in [6.07, 6.45) is 0. The molecular formula is C11H21NO4. The fourth-order valence-corrected chi connectivity index (χ4v) is 0.952. The minimum absolute atomic E-state index is 0.169. The number of carbonyl (C=O) groups excluding carboxylic acids is 2. The molecule has 0 radical (unpaired) electrons. The molecular weight excluding hydrogens is 210 g/mol. The SMILES string of the molecule is COCCN(C)CCOC(=O)C(C)C(C)=O. The zero-order valence-electron chi connectivity index (χ0n) is 10.5. The molecule has 0 rings (SSSR count). The van der Waals surface area contributed by atoms with Crippen LogP contribution >= 0.6 is 0 Å². The van der Waals surface area contributed by atoms with Crippen LogP contribution in [0.1, 0.15) is 13.8 Å². The van der Waals surface area contributed by atoms with E-state index < -0.39 is 11.9 Å². The Hall–Kier alpha value is -0.940. The number of methoxy groups -OCH3 is 1. The summed E-state index contributed by atoms with van der Waals surface area (Å²) in [6, 6.07) is 0. The first-order valence-electron chi connectivity index (χ1n) is 5.33. The molecule has 0 amide bonds. The van der Waals surface area contributed by atoms with Gasteiger partial charge in [0.2, 0.25) is 0 Å². The highest BCUT2D eigenvalue weighted by molar-refractivity contribution is 5.97. The zero-order valence-corrected chi connectivity index (χ0v) is 10.5. The van der Waals surface area contributed by atoms with Crippen molar-refractivity contribution in [1.29, 1.82) is 0 Å². The third kappa shape index (κ3) is 6.53. The number of ether oxygens (including phenoxy) is 2. The van der Waals surface area contributed by atoms with Crippen molar-refractivity contribution in [1.82, 2.24) is 4.90 Å². The van der Waals surface area contributed by atoms with Crippen LogP contribution in [0.5, 0.6) is 0 Å². The third-order valence-corrected chi connectivity index (χ3v) is 2.36. The molecule has 0 aliphatic rings. The number of rotatable bonds is 8. The van der Waals surface area contributed by atoms with Crippen molar-refractivity contribution in [2.24, 2.45) is 5.92 Å². The Balaban J connectivity index is 3.65. The van der Waals surface area contributed by atoms with Gasteiger partial charge in [-0.1, -0.05) is 0 Å². The standard InChI is InChI=1S/C11H21NO4/c1-9(10(2)13)11(14)16-8-6-12(3)5-7-15-4/h9H,5-8H2,1-4H3. The number of ketones is 1. The first-order valence-corrected chi connectivity index (χ1v) is 5.33. The van der Waals surface area contributed by atoms with Crippen molar-refractivity contribution in [2.45, 2.75) is 13.8 Å². The van der Waals surface area contributed by atoms with Crippen molar-refractivity contribution in [3.8, 4) is 0 Å². The van der Waals surface area contributed by atoms with Crippen LogP contribution in [0, 0.1) is 5.92 Å². The van der Waals surface area contributed by atoms with E-state index >= 15 is 0 Å². The molecule has 0 aromatic heterocycles. The molecule has 0 aliphatic heterocycles. The summed E-state index contributed by atoms with van der Waals surface area (Å²) in [5.74, 6) is -1.28. The van der Waals surface area contributed by atoms with E-state index in [0.29, 0.717) is 19.8 Å². The lowest BCUT2D eigenvalue weighted by Crippen LogP contribution is -2.29. The molecule has 0 aliphatic carbocycles. The second-order valence-electron chi connectivity index (χ2n) is 3.80. The summed E-state index contributed by atoms with van der Waals surface area (Å²) in [5, 5.41) is 0. The van der Waals surface area contributed by atoms with E-state index in [1.54, 1.807) is 14.0 Å². The van der Waals surface area contributed by atoms with Crippen LogP contribution in [-0.2, 0) is 19.1 Å². The number of Topliss-reactive ketones (excluding diaryl/α,β-unsaturated/α-hetero) is 1. The molecule has 1 atom stereocenters. The Morgan fingerprint density at radius 3 is 2.31 bits per heavy atom. The topological polar surface area (TPSA) is 55.8 Å². The molecule has 0 aromatic rings. The second kappa shape index (κ2) is 8.24. The van der Waals surface area contributed by atoms with E-state index in [9.17, 15) is 9.59 Å². The zero-order chi connectivity index (χ0) is 12.6. The van der Waals surface area contributed by atoms with Crippen LogP contribution in [0.3, 0.4) is 0 Å². The van der Waals surface area contributed by atoms with Gasteiger partial charge in [0.1, 0.15) is 18.3 Å². The molecule has 1 unspecified atom stereocenters. The quantitative estimate of drug-likeness (QED) is 0.445. The highest BCUT2D eigenvalue weighted by Crippen LogP contribution is 1.99. The van der Waals surface area contributed by atoms with Crippen molar-refractivity contribution in [3.63, 3.8) is 0 Å². The number of esters is 1. The molecule has 0 bridgehead atoms. The second-order valence-corrected chi connectivity index (χ2v) is 3.80. The number of likely N-dealkylation sites (N-methyl/N-ethyl adjacent to an activating group) is 1. The maximum Gasteiger partial charge on any atom is 0.316 e. The van der Waals surface area contributed by atoms with E-state index in [4.69, 9.17) is 9.47 Å². The molecule has 0 heterocycles. The van der Waals surface area contributed by atoms with Crippen molar-refractivity contribution < 1.29 is 19.1 Å². The molecule has 0 aromatic carbocycles. The maximum atomic E-state index is 11.3. The van der Waals surface area contributed by atoms with E-state index in [2.05, 4.69) is 0 Å². The minimum atomic E-state index is -0.663. The van der Waals surface area contributed by atoms with E-state index in [0.717, 1.165) is 6.54 Å². The molecule has 0 spiro atoms. The first-order chi connectivity index (χ1) is 7.49. The molecule has 16 heavy (non-hydrogen) atoms. The lowest BCUT2D eigenvalue weighted by atomic mass is 10.1. The average molecular weight is 231 g/mol. The fourth-order valence-electron chi connectivity index (χ4n) is 0.952. The summed E-state index contributed by atoms with van der Waals surface area (Å²) < 4.78 is 9.89. The molecule has 0 fully saturated rings. The van der Waals surface area contributed by atoms with Crippen LogP contribution in [0.2, 0.25) is 0 Å². The molecule has 0 N–H and O–H groups in total. The van der Waals surface area contributed by atoms with Gasteiger partial charge in [0.05, 0.1) is 6.61 Å². The van der Waals surface area contributed by atoms with Gasteiger partial charge in [-0.2, -0.15) is 0 Å². The van der Waals surface area contributed by atoms with Gasteiger partial charge in [0.15, 0.2) is 0 Å². The normalized spacial score (nSPS) is 12.6. The Bertz CT molecular complexity index is 230. The molecule has 94 valence electrons. The van der Waals surface area contributed by atoms with Crippen molar-refractivity contribution >= 4 is 11.8 Å². The summed E-state index contributed by atoms with van der Waals surface area (Å²) in [4.78, 5) is 24.2. The summed E-state index contributed by atoms with van der Waals surface area (Å²) in [5.41, 5.74) is 0. The van der Waals surface area contributed by atoms with Gasteiger partial charge in [0.25, 0.3) is 0 Å². The number of nitrogens with zero attached hydrogens (tertiary/aromatic N) is 1. The predicted octanol–water partition coefficient (Wildman–Crippen LogP) is 0.333. The lowest BCUT2D eigenvalue weighted by molar-refractivity contribution is -0.151. The lowest BCUT2D eigenvalue weighted by Gasteiger charge is -2.16. The average Bonchev–Trinajstić information content (AvgIpc) is 2.24. The molecule has 5 heteroatoms. The van der Waals surface area contributed by atoms with Gasteiger partial charge in [-0.05, 0) is 20.9 Å². The van der Waals surface area contributed by atoms with Crippen molar-refractivity contribution in [3.05, 3.63) is 0 Å². The molecule has 0 saturated carbocycles. The van der Waals surface area contributed by atoms with Gasteiger partial charge in [0, 0.05) is 20.2 Å². The number of carbonyl (C=O) groups is 2. The summed E-state index contributed by atoms with van der Waals surface area (Å²) in [6.45, 7) is 5.32. The van der Waals surface area contributed by atoms with Gasteiger partial charge < -0.3 is 14.4 Å². The van der Waals surface area contributed by atoms with Gasteiger partial charge >= 0.3 is 5.97 Å². The van der Waals surface area contributed by atoms with E-state index in [-0.39, 0.29) is 5.78 Å². The van der Waals surface area contributed by atoms with E-state index in [1.165, 1.54) is 6.92 Å². The molecule has 0 saturated heterocycles. The van der Waals surface area contributed by atoms with Crippen LogP contribution < -0.4 is 0 Å². The monoisotopic (exact) mass is 231 g/mol. The number of hydrogen-bond donors (Lipinski definition) is 0. The Morgan fingerprint density at radius 1 is 1.25 bits per heavy atom. The minimum Gasteiger partial charge on any atom is -0.464 e. The predicted molar refractivity (Wildman–Crippen MR) is 60.2 cm³/mol. The van der Waals surface area contributed by atoms with Crippen LogP contribution in [0.4, 0.5) is 0 Å². The summed E-state index contributed by atoms with van der Waals surface area (Å²) in [7, 11) is 3.56. The fraction of sp³-hybridized carbons (Fsp3) is 0.818. The Labute approximate surface area is 96.7 Å². The number of hydrogen-bond acceptors (Lipinski definition) is 5. The summed E-state index contributed by atoms with van der Waals surface area (Å²) >= 11 is 0. The molecule has 5 nitrogen and oxygen atoms in total. The van der Waals surface area contributed by atoms with Crippen molar-refractivity contribution in [2.75, 3.05) is 40.5 Å². The first kappa shape index (κ1) is 15.1. The van der Waals surface area contributed by atoms with Crippen LogP contribution in [0.15, 0.2) is 0 Å². The van der Waals surface area contributed by atoms with Gasteiger partial charge in [-0.3, -0.25) is 9.59 Å². The van der Waals surface area contributed by atoms with Crippen LogP contribution in [-0.4, -0.2) is 57.1 Å². The third-order valence-electron chi connectivity index (χ3n) is 2.36. The highest BCUT2D eigenvalue weighted by Gasteiger charge is 2.18. The van der Waals surface area contributed by atoms with Gasteiger partial charge in [-0.15, -0.1) is 0 Å². The van der Waals surface area contributed by atoms with E-state index in [1.807, 2.05) is 11.9 Å². The van der Waals surface area contributed by atoms with Crippen LogP contribution in [0.25, 0.3) is 0 Å². The Kier molecular flexibility index (Phi) is 7.76.